The minimum absolute atomic E-state index is 0.279. The second-order valence-corrected chi connectivity index (χ2v) is 4.94. The van der Waals surface area contributed by atoms with E-state index in [1.165, 1.54) is 0 Å². The highest BCUT2D eigenvalue weighted by Gasteiger charge is 2.14. The molecule has 0 spiro atoms. The summed E-state index contributed by atoms with van der Waals surface area (Å²) in [6.45, 7) is 2.13. The highest BCUT2D eigenvalue weighted by molar-refractivity contribution is 7.14. The van der Waals surface area contributed by atoms with E-state index in [9.17, 15) is 0 Å². The van der Waals surface area contributed by atoms with Gasteiger partial charge in [-0.25, -0.2) is 0 Å². The number of methoxy groups -OCH3 is 1. The average molecular weight is 263 g/mol. The van der Waals surface area contributed by atoms with Gasteiger partial charge in [0.2, 0.25) is 0 Å². The Labute approximate surface area is 111 Å². The molecule has 0 radical (unpaired) electrons. The highest BCUT2D eigenvalue weighted by Crippen LogP contribution is 2.29. The third-order valence-electron chi connectivity index (χ3n) is 2.81. The van der Waals surface area contributed by atoms with E-state index in [1.807, 2.05) is 31.3 Å². The molecule has 1 aromatic heterocycles. The molecule has 0 aliphatic heterocycles. The van der Waals surface area contributed by atoms with E-state index in [1.54, 1.807) is 18.4 Å². The van der Waals surface area contributed by atoms with Crippen molar-refractivity contribution in [3.8, 4) is 16.3 Å². The molecule has 0 saturated heterocycles. The molecule has 0 fully saturated rings. The predicted octanol–water partition coefficient (Wildman–Crippen LogP) is 2.88. The first-order valence-electron chi connectivity index (χ1n) is 5.93. The second-order valence-electron chi connectivity index (χ2n) is 3.93. The lowest BCUT2D eigenvalue weighted by atomic mass is 10.2. The van der Waals surface area contributed by atoms with Crippen LogP contribution in [0.3, 0.4) is 0 Å². The quantitative estimate of drug-likeness (QED) is 0.901. The number of benzene rings is 1. The predicted molar refractivity (Wildman–Crippen MR) is 74.0 cm³/mol. The first-order valence-corrected chi connectivity index (χ1v) is 6.75. The van der Waals surface area contributed by atoms with Gasteiger partial charge in [0.15, 0.2) is 0 Å². The molecule has 0 amide bonds. The van der Waals surface area contributed by atoms with E-state index in [-0.39, 0.29) is 6.04 Å². The fourth-order valence-corrected chi connectivity index (χ4v) is 2.78. The molecular formula is C13H17N3OS. The van der Waals surface area contributed by atoms with E-state index < -0.39 is 0 Å². The summed E-state index contributed by atoms with van der Waals surface area (Å²) in [5.41, 5.74) is 1.05. The molecule has 1 aromatic carbocycles. The summed E-state index contributed by atoms with van der Waals surface area (Å²) in [7, 11) is 3.61. The van der Waals surface area contributed by atoms with Gasteiger partial charge in [0.1, 0.15) is 15.8 Å². The van der Waals surface area contributed by atoms with Crippen molar-refractivity contribution in [2.75, 3.05) is 14.2 Å². The fourth-order valence-electron chi connectivity index (χ4n) is 1.75. The van der Waals surface area contributed by atoms with Gasteiger partial charge in [-0.05, 0) is 25.6 Å². The fraction of sp³-hybridized carbons (Fsp3) is 0.385. The van der Waals surface area contributed by atoms with Gasteiger partial charge in [-0.2, -0.15) is 0 Å². The molecule has 0 aliphatic carbocycles. The Morgan fingerprint density at radius 1 is 1.39 bits per heavy atom. The first-order chi connectivity index (χ1) is 8.78. The number of hydrogen-bond acceptors (Lipinski definition) is 5. The Morgan fingerprint density at radius 3 is 2.89 bits per heavy atom. The van der Waals surface area contributed by atoms with Crippen LogP contribution in [0.2, 0.25) is 0 Å². The van der Waals surface area contributed by atoms with Crippen molar-refractivity contribution in [2.45, 2.75) is 19.4 Å². The number of ether oxygens (including phenoxy) is 1. The summed E-state index contributed by atoms with van der Waals surface area (Å²) in [5.74, 6) is 0.838. The van der Waals surface area contributed by atoms with E-state index in [4.69, 9.17) is 4.74 Å². The molecule has 5 heteroatoms. The van der Waals surface area contributed by atoms with Crippen molar-refractivity contribution in [3.63, 3.8) is 0 Å². The molecule has 0 saturated carbocycles. The van der Waals surface area contributed by atoms with Gasteiger partial charge >= 0.3 is 0 Å². The molecule has 0 bridgehead atoms. The number of nitrogens with one attached hydrogen (secondary N) is 1. The second kappa shape index (κ2) is 5.93. The monoisotopic (exact) mass is 263 g/mol. The standard InChI is InChI=1S/C13H17N3OS/c1-4-11(14-2)13-16-15-12(18-13)9-6-5-7-10(8-9)17-3/h5-8,11,14H,4H2,1-3H3. The number of hydrogen-bond donors (Lipinski definition) is 1. The van der Waals surface area contributed by atoms with Crippen LogP contribution in [0.25, 0.3) is 10.6 Å². The summed E-state index contributed by atoms with van der Waals surface area (Å²) < 4.78 is 5.22. The summed E-state index contributed by atoms with van der Waals surface area (Å²) in [6, 6.07) is 8.16. The van der Waals surface area contributed by atoms with Crippen LogP contribution in [0.1, 0.15) is 24.4 Å². The summed E-state index contributed by atoms with van der Waals surface area (Å²) in [5, 5.41) is 13.7. The van der Waals surface area contributed by atoms with E-state index >= 15 is 0 Å². The van der Waals surface area contributed by atoms with Crippen LogP contribution in [0.15, 0.2) is 24.3 Å². The Hall–Kier alpha value is -1.46. The molecule has 1 heterocycles. The highest BCUT2D eigenvalue weighted by atomic mass is 32.1. The molecule has 1 N–H and O–H groups in total. The summed E-state index contributed by atoms with van der Waals surface area (Å²) >= 11 is 1.62. The van der Waals surface area contributed by atoms with E-state index in [0.29, 0.717) is 0 Å². The van der Waals surface area contributed by atoms with Crippen molar-refractivity contribution in [1.29, 1.82) is 0 Å². The Bertz CT molecular complexity index is 508. The Kier molecular flexibility index (Phi) is 4.28. The van der Waals surface area contributed by atoms with Gasteiger partial charge in [-0.15, -0.1) is 10.2 Å². The summed E-state index contributed by atoms with van der Waals surface area (Å²) in [4.78, 5) is 0. The van der Waals surface area contributed by atoms with Gasteiger partial charge in [-0.3, -0.25) is 0 Å². The van der Waals surface area contributed by atoms with Gasteiger partial charge in [0, 0.05) is 5.56 Å². The van der Waals surface area contributed by atoms with Crippen molar-refractivity contribution >= 4 is 11.3 Å². The Balaban J connectivity index is 2.28. The number of nitrogens with zero attached hydrogens (tertiary/aromatic N) is 2. The molecule has 18 heavy (non-hydrogen) atoms. The van der Waals surface area contributed by atoms with Gasteiger partial charge in [0.25, 0.3) is 0 Å². The molecule has 0 aliphatic rings. The lowest BCUT2D eigenvalue weighted by Crippen LogP contribution is -2.14. The molecule has 1 unspecified atom stereocenters. The van der Waals surface area contributed by atoms with Crippen molar-refractivity contribution < 1.29 is 4.74 Å². The summed E-state index contributed by atoms with van der Waals surface area (Å²) in [6.07, 6.45) is 1.00. The van der Waals surface area contributed by atoms with Gasteiger partial charge in [0.05, 0.1) is 13.2 Å². The van der Waals surface area contributed by atoms with Crippen LogP contribution in [0, 0.1) is 0 Å². The van der Waals surface area contributed by atoms with Crippen molar-refractivity contribution in [3.05, 3.63) is 29.3 Å². The molecule has 2 aromatic rings. The topological polar surface area (TPSA) is 47.0 Å². The smallest absolute Gasteiger partial charge is 0.147 e. The van der Waals surface area contributed by atoms with Crippen LogP contribution in [-0.4, -0.2) is 24.4 Å². The van der Waals surface area contributed by atoms with Crippen molar-refractivity contribution in [1.82, 2.24) is 15.5 Å². The zero-order valence-electron chi connectivity index (χ0n) is 10.8. The van der Waals surface area contributed by atoms with Crippen LogP contribution in [0.5, 0.6) is 5.75 Å². The number of aromatic nitrogens is 2. The maximum absolute atomic E-state index is 5.22. The third-order valence-corrected chi connectivity index (χ3v) is 3.90. The Morgan fingerprint density at radius 2 is 2.22 bits per heavy atom. The maximum atomic E-state index is 5.22. The average Bonchev–Trinajstić information content (AvgIpc) is 2.90. The lowest BCUT2D eigenvalue weighted by Gasteiger charge is -2.08. The SMILES string of the molecule is CCC(NC)c1nnc(-c2cccc(OC)c2)s1. The normalized spacial score (nSPS) is 12.4. The molecule has 1 atom stereocenters. The van der Waals surface area contributed by atoms with Crippen LogP contribution in [0.4, 0.5) is 0 Å². The third kappa shape index (κ3) is 2.68. The van der Waals surface area contributed by atoms with Crippen LogP contribution < -0.4 is 10.1 Å². The van der Waals surface area contributed by atoms with Crippen LogP contribution in [-0.2, 0) is 0 Å². The zero-order chi connectivity index (χ0) is 13.0. The molecule has 4 nitrogen and oxygen atoms in total. The van der Waals surface area contributed by atoms with Crippen molar-refractivity contribution in [2.24, 2.45) is 0 Å². The first kappa shape index (κ1) is 13.0. The molecule has 96 valence electrons. The zero-order valence-corrected chi connectivity index (χ0v) is 11.6. The van der Waals surface area contributed by atoms with E-state index in [2.05, 4.69) is 22.4 Å². The van der Waals surface area contributed by atoms with Gasteiger partial charge in [-0.1, -0.05) is 30.4 Å². The lowest BCUT2D eigenvalue weighted by molar-refractivity contribution is 0.415. The van der Waals surface area contributed by atoms with Crippen LogP contribution >= 0.6 is 11.3 Å². The number of rotatable bonds is 5. The molecule has 2 rings (SSSR count). The largest absolute Gasteiger partial charge is 0.497 e. The molecular weight excluding hydrogens is 246 g/mol. The minimum Gasteiger partial charge on any atom is -0.497 e. The maximum Gasteiger partial charge on any atom is 0.147 e. The van der Waals surface area contributed by atoms with Gasteiger partial charge < -0.3 is 10.1 Å². The minimum atomic E-state index is 0.279. The van der Waals surface area contributed by atoms with E-state index in [0.717, 1.165) is 27.7 Å².